The number of anilines is 1. The molecule has 0 unspecified atom stereocenters. The van der Waals surface area contributed by atoms with E-state index in [0.29, 0.717) is 23.7 Å². The number of aromatic nitrogens is 1. The van der Waals surface area contributed by atoms with E-state index in [1.807, 2.05) is 36.4 Å². The molecule has 0 N–H and O–H groups in total. The Labute approximate surface area is 204 Å². The van der Waals surface area contributed by atoms with Crippen LogP contribution in [-0.2, 0) is 4.79 Å². The molecule has 0 spiro atoms. The Morgan fingerprint density at radius 2 is 1.91 bits per heavy atom. The van der Waals surface area contributed by atoms with E-state index < -0.39 is 6.04 Å². The van der Waals surface area contributed by atoms with Gasteiger partial charge in [0.15, 0.2) is 0 Å². The summed E-state index contributed by atoms with van der Waals surface area (Å²) in [6.45, 7) is 3.20. The van der Waals surface area contributed by atoms with Crippen molar-refractivity contribution < 1.29 is 14.4 Å². The number of benzene rings is 1. The van der Waals surface area contributed by atoms with Gasteiger partial charge in [-0.15, -0.1) is 11.3 Å². The Balaban J connectivity index is 1.37. The molecule has 34 heavy (non-hydrogen) atoms. The minimum Gasteiger partial charge on any atom is -0.370 e. The van der Waals surface area contributed by atoms with E-state index >= 15 is 0 Å². The Morgan fingerprint density at radius 1 is 1.12 bits per heavy atom. The lowest BCUT2D eigenvalue weighted by molar-refractivity contribution is -0.137. The molecular weight excluding hydrogens is 448 g/mol. The van der Waals surface area contributed by atoms with Gasteiger partial charge in [0, 0.05) is 37.8 Å². The zero-order valence-corrected chi connectivity index (χ0v) is 20.7. The fourth-order valence-corrected chi connectivity index (χ4v) is 6.47. The van der Waals surface area contributed by atoms with Crippen LogP contribution in [0.25, 0.3) is 0 Å². The van der Waals surface area contributed by atoms with Gasteiger partial charge in [0.25, 0.3) is 11.8 Å². The third kappa shape index (κ3) is 4.02. The third-order valence-corrected chi connectivity index (χ3v) is 8.65. The molecule has 5 rings (SSSR count). The number of hydrogen-bond donors (Lipinski definition) is 0. The molecule has 3 amide bonds. The summed E-state index contributed by atoms with van der Waals surface area (Å²) in [4.78, 5) is 49.9. The lowest BCUT2D eigenvalue weighted by Gasteiger charge is -2.38. The van der Waals surface area contributed by atoms with E-state index in [2.05, 4.69) is 9.88 Å². The van der Waals surface area contributed by atoms with Crippen molar-refractivity contribution in [2.45, 2.75) is 64.0 Å². The number of imide groups is 1. The smallest absolute Gasteiger partial charge is 0.264 e. The number of thiazole rings is 1. The van der Waals surface area contributed by atoms with Gasteiger partial charge in [0.1, 0.15) is 5.01 Å². The number of carbonyl (C=O) groups is 3. The predicted octanol–water partition coefficient (Wildman–Crippen LogP) is 4.51. The third-order valence-electron chi connectivity index (χ3n) is 7.70. The van der Waals surface area contributed by atoms with E-state index in [0.717, 1.165) is 42.9 Å². The van der Waals surface area contributed by atoms with E-state index in [9.17, 15) is 14.4 Å². The first-order valence-electron chi connectivity index (χ1n) is 12.4. The highest BCUT2D eigenvalue weighted by Crippen LogP contribution is 2.38. The van der Waals surface area contributed by atoms with Crippen molar-refractivity contribution in [3.8, 4) is 0 Å². The summed E-state index contributed by atoms with van der Waals surface area (Å²) in [6.07, 6.45) is 9.28. The maximum absolute atomic E-state index is 13.5. The Hall–Kier alpha value is -2.74. The number of amides is 3. The summed E-state index contributed by atoms with van der Waals surface area (Å²) in [6, 6.07) is 5.42. The SMILES string of the molecule is C[C@H](c1nccs1)N1C(=O)c2cccc(N3CCC[C@@H](C(=O)N(C)C4CCCCC4)C3)c2C1=O. The van der Waals surface area contributed by atoms with Gasteiger partial charge < -0.3 is 9.80 Å². The predicted molar refractivity (Wildman–Crippen MR) is 132 cm³/mol. The van der Waals surface area contributed by atoms with Crippen LogP contribution in [0.4, 0.5) is 5.69 Å². The van der Waals surface area contributed by atoms with Crippen molar-refractivity contribution in [3.63, 3.8) is 0 Å². The van der Waals surface area contributed by atoms with Crippen LogP contribution < -0.4 is 4.90 Å². The standard InChI is InChI=1S/C26H32N4O3S/c1-17(23-27-13-15-34-23)30-25(32)20-11-6-12-21(22(20)26(30)33)29-14-7-8-18(16-29)24(31)28(2)19-9-4-3-5-10-19/h6,11-13,15,17-19H,3-5,7-10,14,16H2,1-2H3/t17-,18-/m1/s1. The summed E-state index contributed by atoms with van der Waals surface area (Å²) < 4.78 is 0. The molecule has 7 nitrogen and oxygen atoms in total. The van der Waals surface area contributed by atoms with Crippen LogP contribution in [0.5, 0.6) is 0 Å². The highest BCUT2D eigenvalue weighted by atomic mass is 32.1. The van der Waals surface area contributed by atoms with Gasteiger partial charge in [-0.1, -0.05) is 25.3 Å². The van der Waals surface area contributed by atoms with Crippen molar-refractivity contribution in [3.05, 3.63) is 45.9 Å². The van der Waals surface area contributed by atoms with Crippen LogP contribution in [0.1, 0.15) is 83.6 Å². The molecule has 0 bridgehead atoms. The van der Waals surface area contributed by atoms with Gasteiger partial charge in [-0.2, -0.15) is 0 Å². The van der Waals surface area contributed by atoms with E-state index in [4.69, 9.17) is 0 Å². The summed E-state index contributed by atoms with van der Waals surface area (Å²) in [5.74, 6) is -0.419. The second-order valence-electron chi connectivity index (χ2n) is 9.75. The van der Waals surface area contributed by atoms with Crippen molar-refractivity contribution in [2.24, 2.45) is 5.92 Å². The second-order valence-corrected chi connectivity index (χ2v) is 10.7. The molecule has 2 atom stereocenters. The average Bonchev–Trinajstić information content (AvgIpc) is 3.51. The molecule has 0 radical (unpaired) electrons. The first kappa shape index (κ1) is 23.0. The van der Waals surface area contributed by atoms with Crippen LogP contribution in [-0.4, -0.2) is 58.7 Å². The number of fused-ring (bicyclic) bond motifs is 1. The molecule has 3 heterocycles. The lowest BCUT2D eigenvalue weighted by atomic mass is 9.91. The number of piperidine rings is 1. The van der Waals surface area contributed by atoms with Crippen molar-refractivity contribution >= 4 is 34.7 Å². The molecular formula is C26H32N4O3S. The van der Waals surface area contributed by atoms with Crippen molar-refractivity contribution in [2.75, 3.05) is 25.0 Å². The maximum Gasteiger partial charge on any atom is 0.264 e. The van der Waals surface area contributed by atoms with E-state index in [1.165, 1.54) is 35.5 Å². The van der Waals surface area contributed by atoms with Gasteiger partial charge in [0.2, 0.25) is 5.91 Å². The van der Waals surface area contributed by atoms with Crippen molar-refractivity contribution in [1.29, 1.82) is 0 Å². The summed E-state index contributed by atoms with van der Waals surface area (Å²) in [5.41, 5.74) is 1.67. The molecule has 1 aromatic carbocycles. The quantitative estimate of drug-likeness (QED) is 0.589. The van der Waals surface area contributed by atoms with Gasteiger partial charge in [-0.25, -0.2) is 4.98 Å². The Morgan fingerprint density at radius 3 is 2.65 bits per heavy atom. The minimum atomic E-state index is -0.417. The first-order chi connectivity index (χ1) is 16.5. The molecule has 1 aliphatic carbocycles. The maximum atomic E-state index is 13.5. The number of hydrogen-bond acceptors (Lipinski definition) is 6. The molecule has 2 aliphatic heterocycles. The van der Waals surface area contributed by atoms with Crippen LogP contribution >= 0.6 is 11.3 Å². The molecule has 2 aromatic rings. The van der Waals surface area contributed by atoms with Gasteiger partial charge in [-0.05, 0) is 44.7 Å². The normalized spacial score (nSPS) is 22.1. The van der Waals surface area contributed by atoms with Crippen LogP contribution in [0, 0.1) is 5.92 Å². The zero-order chi connectivity index (χ0) is 23.8. The van der Waals surface area contributed by atoms with Gasteiger partial charge in [-0.3, -0.25) is 19.3 Å². The van der Waals surface area contributed by atoms with E-state index in [-0.39, 0.29) is 23.6 Å². The lowest BCUT2D eigenvalue weighted by Crippen LogP contribution is -2.47. The molecule has 8 heteroatoms. The zero-order valence-electron chi connectivity index (χ0n) is 19.9. The molecule has 1 aromatic heterocycles. The van der Waals surface area contributed by atoms with Crippen molar-refractivity contribution in [1.82, 2.24) is 14.8 Å². The van der Waals surface area contributed by atoms with Gasteiger partial charge in [0.05, 0.1) is 28.8 Å². The number of rotatable bonds is 5. The second kappa shape index (κ2) is 9.49. The Bertz CT molecular complexity index is 1080. The molecule has 180 valence electrons. The first-order valence-corrected chi connectivity index (χ1v) is 13.3. The largest absolute Gasteiger partial charge is 0.370 e. The fourth-order valence-electron chi connectivity index (χ4n) is 5.79. The van der Waals surface area contributed by atoms with Gasteiger partial charge >= 0.3 is 0 Å². The summed E-state index contributed by atoms with van der Waals surface area (Å²) in [7, 11) is 1.96. The summed E-state index contributed by atoms with van der Waals surface area (Å²) in [5, 5.41) is 2.59. The average molecular weight is 481 g/mol. The van der Waals surface area contributed by atoms with E-state index in [1.54, 1.807) is 12.3 Å². The highest BCUT2D eigenvalue weighted by Gasteiger charge is 2.42. The summed E-state index contributed by atoms with van der Waals surface area (Å²) >= 11 is 1.44. The molecule has 3 aliphatic rings. The Kier molecular flexibility index (Phi) is 6.42. The van der Waals surface area contributed by atoms with Crippen LogP contribution in [0.2, 0.25) is 0 Å². The molecule has 1 saturated heterocycles. The van der Waals surface area contributed by atoms with Crippen LogP contribution in [0.15, 0.2) is 29.8 Å². The monoisotopic (exact) mass is 480 g/mol. The highest BCUT2D eigenvalue weighted by molar-refractivity contribution is 7.09. The molecule has 2 fully saturated rings. The number of carbonyl (C=O) groups excluding carboxylic acids is 3. The minimum absolute atomic E-state index is 0.0888. The number of nitrogens with zero attached hydrogens (tertiary/aromatic N) is 4. The van der Waals surface area contributed by atoms with Crippen LogP contribution in [0.3, 0.4) is 0 Å². The molecule has 1 saturated carbocycles. The topological polar surface area (TPSA) is 73.8 Å². The fraction of sp³-hybridized carbons (Fsp3) is 0.538.